The Bertz CT molecular complexity index is 608. The molecule has 0 amide bonds. The van der Waals surface area contributed by atoms with Gasteiger partial charge in [-0.3, -0.25) is 0 Å². The molecule has 0 radical (unpaired) electrons. The molecule has 2 aromatic rings. The number of para-hydroxylation sites is 1. The van der Waals surface area contributed by atoms with E-state index in [-0.39, 0.29) is 0 Å². The standard InChI is InChI=1S/C16H21ClN2OS/c1-2-20-14-7-3-6-13-16(14)18-15(8-9-17)19(13)12-5-4-10-21-11-12/h3,6-7,12H,2,4-5,8-11H2,1H3. The van der Waals surface area contributed by atoms with Crippen molar-refractivity contribution in [1.82, 2.24) is 9.55 Å². The average Bonchev–Trinajstić information content (AvgIpc) is 2.88. The molecule has 3 nitrogen and oxygen atoms in total. The summed E-state index contributed by atoms with van der Waals surface area (Å²) in [7, 11) is 0. The van der Waals surface area contributed by atoms with E-state index in [1.165, 1.54) is 29.9 Å². The number of nitrogens with zero attached hydrogens (tertiary/aromatic N) is 2. The molecule has 114 valence electrons. The van der Waals surface area contributed by atoms with Gasteiger partial charge in [0, 0.05) is 24.1 Å². The smallest absolute Gasteiger partial charge is 0.147 e. The summed E-state index contributed by atoms with van der Waals surface area (Å²) in [6.45, 7) is 2.67. The zero-order chi connectivity index (χ0) is 14.7. The summed E-state index contributed by atoms with van der Waals surface area (Å²) in [5, 5.41) is 0. The van der Waals surface area contributed by atoms with E-state index in [4.69, 9.17) is 21.3 Å². The maximum Gasteiger partial charge on any atom is 0.147 e. The van der Waals surface area contributed by atoms with E-state index in [9.17, 15) is 0 Å². The van der Waals surface area contributed by atoms with E-state index in [0.29, 0.717) is 18.5 Å². The molecule has 1 aromatic heterocycles. The van der Waals surface area contributed by atoms with Crippen molar-refractivity contribution in [3.63, 3.8) is 0 Å². The summed E-state index contributed by atoms with van der Waals surface area (Å²) >= 11 is 8.02. The van der Waals surface area contributed by atoms with Gasteiger partial charge in [0.2, 0.25) is 0 Å². The highest BCUT2D eigenvalue weighted by molar-refractivity contribution is 7.99. The number of rotatable bonds is 5. The Morgan fingerprint density at radius 3 is 3.10 bits per heavy atom. The molecular weight excluding hydrogens is 304 g/mol. The van der Waals surface area contributed by atoms with Gasteiger partial charge in [0.15, 0.2) is 0 Å². The first kappa shape index (κ1) is 15.0. The summed E-state index contributed by atoms with van der Waals surface area (Å²) < 4.78 is 8.15. The molecule has 0 saturated carbocycles. The van der Waals surface area contributed by atoms with Gasteiger partial charge in [-0.1, -0.05) is 6.07 Å². The molecule has 3 rings (SSSR count). The van der Waals surface area contributed by atoms with Gasteiger partial charge in [-0.25, -0.2) is 4.98 Å². The number of imidazole rings is 1. The van der Waals surface area contributed by atoms with Crippen molar-refractivity contribution >= 4 is 34.4 Å². The van der Waals surface area contributed by atoms with Crippen molar-refractivity contribution in [2.75, 3.05) is 24.0 Å². The van der Waals surface area contributed by atoms with Gasteiger partial charge >= 0.3 is 0 Å². The lowest BCUT2D eigenvalue weighted by molar-refractivity contribution is 0.343. The van der Waals surface area contributed by atoms with Gasteiger partial charge in [-0.05, 0) is 37.7 Å². The van der Waals surface area contributed by atoms with Gasteiger partial charge in [-0.2, -0.15) is 11.8 Å². The molecule has 0 N–H and O–H groups in total. The van der Waals surface area contributed by atoms with E-state index in [0.717, 1.165) is 23.5 Å². The zero-order valence-electron chi connectivity index (χ0n) is 12.3. The van der Waals surface area contributed by atoms with Crippen LogP contribution in [0.4, 0.5) is 0 Å². The first-order chi connectivity index (χ1) is 10.3. The molecule has 0 aliphatic carbocycles. The van der Waals surface area contributed by atoms with Crippen LogP contribution in [0.5, 0.6) is 5.75 Å². The lowest BCUT2D eigenvalue weighted by atomic mass is 10.1. The summed E-state index contributed by atoms with van der Waals surface area (Å²) in [5.41, 5.74) is 2.17. The third-order valence-corrected chi connectivity index (χ3v) is 5.26. The van der Waals surface area contributed by atoms with E-state index in [1.807, 2.05) is 24.8 Å². The molecule has 1 unspecified atom stereocenters. The summed E-state index contributed by atoms with van der Waals surface area (Å²) in [4.78, 5) is 4.84. The Morgan fingerprint density at radius 2 is 2.38 bits per heavy atom. The first-order valence-corrected chi connectivity index (χ1v) is 9.30. The maximum absolute atomic E-state index is 5.99. The third-order valence-electron chi connectivity index (χ3n) is 3.88. The van der Waals surface area contributed by atoms with E-state index < -0.39 is 0 Å². The van der Waals surface area contributed by atoms with Gasteiger partial charge in [-0.15, -0.1) is 11.6 Å². The molecule has 1 saturated heterocycles. The first-order valence-electron chi connectivity index (χ1n) is 7.61. The van der Waals surface area contributed by atoms with Crippen molar-refractivity contribution in [2.24, 2.45) is 0 Å². The Labute approximate surface area is 135 Å². The van der Waals surface area contributed by atoms with Gasteiger partial charge in [0.25, 0.3) is 0 Å². The fourth-order valence-electron chi connectivity index (χ4n) is 3.01. The average molecular weight is 325 g/mol. The lowest BCUT2D eigenvalue weighted by Gasteiger charge is -2.25. The molecule has 1 aliphatic rings. The van der Waals surface area contributed by atoms with Gasteiger partial charge in [0.05, 0.1) is 12.1 Å². The Kier molecular flexibility index (Phi) is 4.96. The Hall–Kier alpha value is -0.870. The van der Waals surface area contributed by atoms with Crippen LogP contribution in [0.1, 0.15) is 31.6 Å². The second-order valence-corrected chi connectivity index (χ2v) is 6.79. The molecule has 21 heavy (non-hydrogen) atoms. The van der Waals surface area contributed by atoms with Crippen LogP contribution in [0.2, 0.25) is 0 Å². The summed E-state index contributed by atoms with van der Waals surface area (Å²) in [6.07, 6.45) is 3.32. The monoisotopic (exact) mass is 324 g/mol. The van der Waals surface area contributed by atoms with Crippen LogP contribution >= 0.6 is 23.4 Å². The Balaban J connectivity index is 2.10. The topological polar surface area (TPSA) is 27.1 Å². The van der Waals surface area contributed by atoms with Crippen LogP contribution < -0.4 is 4.74 Å². The molecule has 1 atom stereocenters. The molecule has 0 spiro atoms. The lowest BCUT2D eigenvalue weighted by Crippen LogP contribution is -2.18. The molecule has 2 heterocycles. The molecular formula is C16H21ClN2OS. The molecule has 1 aromatic carbocycles. The summed E-state index contributed by atoms with van der Waals surface area (Å²) in [5.74, 6) is 5.03. The van der Waals surface area contributed by atoms with E-state index in [2.05, 4.69) is 16.7 Å². The number of hydrogen-bond donors (Lipinski definition) is 0. The van der Waals surface area contributed by atoms with Crippen molar-refractivity contribution < 1.29 is 4.74 Å². The number of hydrogen-bond acceptors (Lipinski definition) is 3. The number of halogens is 1. The predicted octanol–water partition coefficient (Wildman–Crippen LogP) is 4.28. The SMILES string of the molecule is CCOc1cccc2c1nc(CCCl)n2C1CCCSC1. The van der Waals surface area contributed by atoms with Crippen molar-refractivity contribution in [3.05, 3.63) is 24.0 Å². The fourth-order valence-corrected chi connectivity index (χ4v) is 4.30. The van der Waals surface area contributed by atoms with E-state index >= 15 is 0 Å². The van der Waals surface area contributed by atoms with Crippen LogP contribution in [-0.2, 0) is 6.42 Å². The minimum absolute atomic E-state index is 0.531. The van der Waals surface area contributed by atoms with Crippen LogP contribution in [0, 0.1) is 0 Å². The second-order valence-electron chi connectivity index (χ2n) is 5.26. The number of aromatic nitrogens is 2. The summed E-state index contributed by atoms with van der Waals surface area (Å²) in [6, 6.07) is 6.75. The van der Waals surface area contributed by atoms with Gasteiger partial charge < -0.3 is 9.30 Å². The van der Waals surface area contributed by atoms with Crippen LogP contribution in [-0.4, -0.2) is 33.5 Å². The fraction of sp³-hybridized carbons (Fsp3) is 0.562. The Morgan fingerprint density at radius 1 is 1.48 bits per heavy atom. The number of fused-ring (bicyclic) bond motifs is 1. The number of aryl methyl sites for hydroxylation is 1. The number of ether oxygens (including phenoxy) is 1. The predicted molar refractivity (Wildman–Crippen MR) is 90.9 cm³/mol. The maximum atomic E-state index is 5.99. The molecule has 5 heteroatoms. The van der Waals surface area contributed by atoms with Crippen molar-refractivity contribution in [3.8, 4) is 5.75 Å². The highest BCUT2D eigenvalue weighted by Crippen LogP contribution is 2.34. The van der Waals surface area contributed by atoms with Crippen molar-refractivity contribution in [2.45, 2.75) is 32.2 Å². The molecule has 1 aliphatic heterocycles. The minimum atomic E-state index is 0.531. The van der Waals surface area contributed by atoms with Crippen LogP contribution in [0.25, 0.3) is 11.0 Å². The highest BCUT2D eigenvalue weighted by Gasteiger charge is 2.22. The minimum Gasteiger partial charge on any atom is -0.492 e. The molecule has 1 fully saturated rings. The second kappa shape index (κ2) is 6.93. The molecule has 0 bridgehead atoms. The zero-order valence-corrected chi connectivity index (χ0v) is 13.9. The third kappa shape index (κ3) is 3.02. The van der Waals surface area contributed by atoms with Crippen LogP contribution in [0.3, 0.4) is 0 Å². The number of alkyl halides is 1. The highest BCUT2D eigenvalue weighted by atomic mass is 35.5. The largest absolute Gasteiger partial charge is 0.492 e. The quantitative estimate of drug-likeness (QED) is 0.768. The van der Waals surface area contributed by atoms with Gasteiger partial charge in [0.1, 0.15) is 17.1 Å². The van der Waals surface area contributed by atoms with E-state index in [1.54, 1.807) is 0 Å². The number of thioether (sulfide) groups is 1. The van der Waals surface area contributed by atoms with Crippen molar-refractivity contribution in [1.29, 1.82) is 0 Å². The normalized spacial score (nSPS) is 19.0. The van der Waals surface area contributed by atoms with Crippen LogP contribution in [0.15, 0.2) is 18.2 Å². The number of benzene rings is 1.